The molecular formula is C11H19NO3. The number of carbonyl (C=O) groups is 1. The van der Waals surface area contributed by atoms with Crippen LogP contribution in [0.25, 0.3) is 0 Å². The summed E-state index contributed by atoms with van der Waals surface area (Å²) in [4.78, 5) is 13.0. The van der Waals surface area contributed by atoms with Crippen LogP contribution in [0.5, 0.6) is 0 Å². The van der Waals surface area contributed by atoms with E-state index in [2.05, 4.69) is 4.90 Å². The first-order chi connectivity index (χ1) is 7.09. The standard InChI is InChI=1S/C11H19NO3/c13-10(14)8-11(15)4-1-6-12(7-5-11)9-2-3-9/h9,15H,1-8H2,(H,13,14). The molecule has 0 radical (unpaired) electrons. The first-order valence-electron chi connectivity index (χ1n) is 5.77. The number of rotatable bonds is 3. The van der Waals surface area contributed by atoms with Gasteiger partial charge in [0.1, 0.15) is 0 Å². The molecule has 2 rings (SSSR count). The van der Waals surface area contributed by atoms with Crippen LogP contribution in [0, 0.1) is 0 Å². The molecule has 1 atom stereocenters. The van der Waals surface area contributed by atoms with Crippen LogP contribution in [0.15, 0.2) is 0 Å². The summed E-state index contributed by atoms with van der Waals surface area (Å²) in [5.74, 6) is -0.891. The minimum absolute atomic E-state index is 0.106. The summed E-state index contributed by atoms with van der Waals surface area (Å²) in [7, 11) is 0. The third kappa shape index (κ3) is 2.92. The van der Waals surface area contributed by atoms with Crippen LogP contribution in [0.1, 0.15) is 38.5 Å². The summed E-state index contributed by atoms with van der Waals surface area (Å²) in [5, 5.41) is 18.9. The van der Waals surface area contributed by atoms with E-state index in [1.165, 1.54) is 12.8 Å². The lowest BCUT2D eigenvalue weighted by Gasteiger charge is -2.25. The van der Waals surface area contributed by atoms with Gasteiger partial charge in [-0.1, -0.05) is 0 Å². The van der Waals surface area contributed by atoms with Crippen molar-refractivity contribution >= 4 is 5.97 Å². The smallest absolute Gasteiger partial charge is 0.306 e. The van der Waals surface area contributed by atoms with Crippen LogP contribution < -0.4 is 0 Å². The van der Waals surface area contributed by atoms with Crippen LogP contribution >= 0.6 is 0 Å². The van der Waals surface area contributed by atoms with Gasteiger partial charge in [0.25, 0.3) is 0 Å². The molecule has 0 bridgehead atoms. The Morgan fingerprint density at radius 2 is 2.07 bits per heavy atom. The van der Waals surface area contributed by atoms with Crippen molar-refractivity contribution in [2.24, 2.45) is 0 Å². The largest absolute Gasteiger partial charge is 0.481 e. The Kier molecular flexibility index (Phi) is 2.98. The molecule has 1 unspecified atom stereocenters. The molecule has 0 spiro atoms. The Morgan fingerprint density at radius 1 is 1.33 bits per heavy atom. The highest BCUT2D eigenvalue weighted by Gasteiger charge is 2.36. The van der Waals surface area contributed by atoms with Crippen LogP contribution in [-0.4, -0.2) is 45.8 Å². The van der Waals surface area contributed by atoms with Gasteiger partial charge in [-0.25, -0.2) is 0 Å². The van der Waals surface area contributed by atoms with Gasteiger partial charge in [0.05, 0.1) is 12.0 Å². The quantitative estimate of drug-likeness (QED) is 0.729. The molecule has 1 saturated carbocycles. The van der Waals surface area contributed by atoms with Crippen molar-refractivity contribution in [2.45, 2.75) is 50.2 Å². The van der Waals surface area contributed by atoms with Crippen molar-refractivity contribution in [1.82, 2.24) is 4.90 Å². The molecule has 1 aliphatic carbocycles. The van der Waals surface area contributed by atoms with Gasteiger partial charge in [-0.05, 0) is 38.6 Å². The van der Waals surface area contributed by atoms with Gasteiger partial charge in [0.2, 0.25) is 0 Å². The van der Waals surface area contributed by atoms with Crippen LogP contribution in [0.2, 0.25) is 0 Å². The summed E-state index contributed by atoms with van der Waals surface area (Å²) in [6.45, 7) is 1.88. The van der Waals surface area contributed by atoms with Crippen LogP contribution in [0.3, 0.4) is 0 Å². The number of carboxylic acid groups (broad SMARTS) is 1. The predicted molar refractivity (Wildman–Crippen MR) is 55.6 cm³/mol. The zero-order valence-corrected chi connectivity index (χ0v) is 8.98. The lowest BCUT2D eigenvalue weighted by molar-refractivity contribution is -0.143. The molecule has 1 heterocycles. The normalized spacial score (nSPS) is 33.7. The number of hydrogen-bond acceptors (Lipinski definition) is 3. The number of aliphatic carboxylic acids is 1. The maximum absolute atomic E-state index is 10.6. The Bertz CT molecular complexity index is 252. The lowest BCUT2D eigenvalue weighted by Crippen LogP contribution is -2.34. The number of likely N-dealkylation sites (tertiary alicyclic amines) is 1. The molecule has 1 saturated heterocycles. The van der Waals surface area contributed by atoms with Crippen molar-refractivity contribution < 1.29 is 15.0 Å². The molecule has 0 aromatic heterocycles. The Hall–Kier alpha value is -0.610. The van der Waals surface area contributed by atoms with E-state index in [0.29, 0.717) is 12.8 Å². The van der Waals surface area contributed by atoms with E-state index in [9.17, 15) is 9.90 Å². The van der Waals surface area contributed by atoms with Crippen molar-refractivity contribution in [3.8, 4) is 0 Å². The van der Waals surface area contributed by atoms with Crippen molar-refractivity contribution in [1.29, 1.82) is 0 Å². The summed E-state index contributed by atoms with van der Waals surface area (Å²) in [6.07, 6.45) is 4.60. The fraction of sp³-hybridized carbons (Fsp3) is 0.909. The first kappa shape index (κ1) is 10.9. The highest BCUT2D eigenvalue weighted by Crippen LogP contribution is 2.32. The summed E-state index contributed by atoms with van der Waals surface area (Å²) >= 11 is 0. The SMILES string of the molecule is O=C(O)CC1(O)CCCN(C2CC2)CC1. The molecular weight excluding hydrogens is 194 g/mol. The van der Waals surface area contributed by atoms with Crippen LogP contribution in [-0.2, 0) is 4.79 Å². The number of nitrogens with zero attached hydrogens (tertiary/aromatic N) is 1. The zero-order valence-electron chi connectivity index (χ0n) is 8.98. The van der Waals surface area contributed by atoms with E-state index in [0.717, 1.165) is 25.6 Å². The molecule has 4 heteroatoms. The fourth-order valence-corrected chi connectivity index (χ4v) is 2.46. The van der Waals surface area contributed by atoms with E-state index >= 15 is 0 Å². The maximum atomic E-state index is 10.6. The van der Waals surface area contributed by atoms with E-state index in [1.807, 2.05) is 0 Å². The number of carboxylic acids is 1. The van der Waals surface area contributed by atoms with Crippen molar-refractivity contribution in [3.63, 3.8) is 0 Å². The Balaban J connectivity index is 1.89. The molecule has 86 valence electrons. The third-order valence-electron chi connectivity index (χ3n) is 3.50. The summed E-state index contributed by atoms with van der Waals surface area (Å²) in [5.41, 5.74) is -0.963. The van der Waals surface area contributed by atoms with Gasteiger partial charge in [-0.2, -0.15) is 0 Å². The maximum Gasteiger partial charge on any atom is 0.306 e. The highest BCUT2D eigenvalue weighted by atomic mass is 16.4. The number of aliphatic hydroxyl groups is 1. The second kappa shape index (κ2) is 4.10. The molecule has 2 aliphatic rings. The molecule has 0 aromatic rings. The van der Waals surface area contributed by atoms with E-state index < -0.39 is 11.6 Å². The Morgan fingerprint density at radius 3 is 2.67 bits per heavy atom. The van der Waals surface area contributed by atoms with Crippen molar-refractivity contribution in [3.05, 3.63) is 0 Å². The first-order valence-corrected chi connectivity index (χ1v) is 5.77. The summed E-state index contributed by atoms with van der Waals surface area (Å²) in [6, 6.07) is 0.720. The van der Waals surface area contributed by atoms with Crippen LogP contribution in [0.4, 0.5) is 0 Å². The number of hydrogen-bond donors (Lipinski definition) is 2. The molecule has 15 heavy (non-hydrogen) atoms. The molecule has 0 aromatic carbocycles. The molecule has 2 fully saturated rings. The average Bonchev–Trinajstić information content (AvgIpc) is 2.90. The molecule has 1 aliphatic heterocycles. The Labute approximate surface area is 89.9 Å². The van der Waals surface area contributed by atoms with Gasteiger partial charge in [-0.15, -0.1) is 0 Å². The molecule has 0 amide bonds. The lowest BCUT2D eigenvalue weighted by atomic mass is 9.91. The second-order valence-corrected chi connectivity index (χ2v) is 4.92. The van der Waals surface area contributed by atoms with Gasteiger partial charge in [0, 0.05) is 12.6 Å². The highest BCUT2D eigenvalue weighted by molar-refractivity contribution is 5.68. The van der Waals surface area contributed by atoms with E-state index in [1.54, 1.807) is 0 Å². The summed E-state index contributed by atoms with van der Waals surface area (Å²) < 4.78 is 0. The van der Waals surface area contributed by atoms with Gasteiger partial charge in [-0.3, -0.25) is 4.79 Å². The molecule has 4 nitrogen and oxygen atoms in total. The van der Waals surface area contributed by atoms with Gasteiger partial charge in [0.15, 0.2) is 0 Å². The van der Waals surface area contributed by atoms with Crippen molar-refractivity contribution in [2.75, 3.05) is 13.1 Å². The second-order valence-electron chi connectivity index (χ2n) is 4.92. The fourth-order valence-electron chi connectivity index (χ4n) is 2.46. The van der Waals surface area contributed by atoms with Gasteiger partial charge >= 0.3 is 5.97 Å². The zero-order chi connectivity index (χ0) is 10.9. The van der Waals surface area contributed by atoms with E-state index in [4.69, 9.17) is 5.11 Å². The topological polar surface area (TPSA) is 60.8 Å². The average molecular weight is 213 g/mol. The minimum atomic E-state index is -0.963. The predicted octanol–water partition coefficient (Wildman–Crippen LogP) is 0.840. The monoisotopic (exact) mass is 213 g/mol. The minimum Gasteiger partial charge on any atom is -0.481 e. The molecule has 2 N–H and O–H groups in total. The van der Waals surface area contributed by atoms with Gasteiger partial charge < -0.3 is 15.1 Å². The third-order valence-corrected chi connectivity index (χ3v) is 3.50. The van der Waals surface area contributed by atoms with E-state index in [-0.39, 0.29) is 6.42 Å².